The van der Waals surface area contributed by atoms with Crippen molar-refractivity contribution in [3.8, 4) is 0 Å². The summed E-state index contributed by atoms with van der Waals surface area (Å²) in [6, 6.07) is 14.6. The first kappa shape index (κ1) is 19.0. The fourth-order valence-corrected chi connectivity index (χ4v) is 2.50. The molecule has 0 unspecified atom stereocenters. The highest BCUT2D eigenvalue weighted by Crippen LogP contribution is 2.20. The molecule has 5 nitrogen and oxygen atoms in total. The molecule has 0 bridgehead atoms. The number of amides is 2. The number of benzene rings is 2. The average molecular weight is 360 g/mol. The maximum absolute atomic E-state index is 12.3. The molecular formula is C19H22ClN3O2. The monoisotopic (exact) mass is 359 g/mol. The van der Waals surface area contributed by atoms with E-state index in [0.717, 1.165) is 11.3 Å². The molecule has 2 rings (SSSR count). The molecule has 132 valence electrons. The van der Waals surface area contributed by atoms with Crippen molar-refractivity contribution in [3.63, 3.8) is 0 Å². The third kappa shape index (κ3) is 6.21. The lowest BCUT2D eigenvalue weighted by Gasteiger charge is -2.19. The molecule has 2 aromatic carbocycles. The predicted molar refractivity (Wildman–Crippen MR) is 102 cm³/mol. The van der Waals surface area contributed by atoms with E-state index < -0.39 is 0 Å². The van der Waals surface area contributed by atoms with Crippen LogP contribution in [-0.4, -0.2) is 36.3 Å². The van der Waals surface area contributed by atoms with E-state index >= 15 is 0 Å². The number of anilines is 2. The first-order valence-corrected chi connectivity index (χ1v) is 8.49. The van der Waals surface area contributed by atoms with E-state index in [1.807, 2.05) is 50.2 Å². The molecule has 2 N–H and O–H groups in total. The number of carbonyl (C=O) groups is 2. The molecule has 0 radical (unpaired) electrons. The zero-order valence-corrected chi connectivity index (χ0v) is 15.1. The van der Waals surface area contributed by atoms with Gasteiger partial charge in [-0.15, -0.1) is 0 Å². The molecule has 0 aliphatic rings. The summed E-state index contributed by atoms with van der Waals surface area (Å²) in [5.41, 5.74) is 2.35. The third-order valence-electron chi connectivity index (χ3n) is 3.71. The summed E-state index contributed by atoms with van der Waals surface area (Å²) >= 11 is 5.96. The molecule has 0 aliphatic heterocycles. The summed E-state index contributed by atoms with van der Waals surface area (Å²) in [6.45, 7) is 4.67. The van der Waals surface area contributed by atoms with Gasteiger partial charge in [-0.2, -0.15) is 0 Å². The smallest absolute Gasteiger partial charge is 0.238 e. The molecular weight excluding hydrogens is 338 g/mol. The van der Waals surface area contributed by atoms with Gasteiger partial charge in [-0.05, 0) is 43.3 Å². The molecule has 0 saturated carbocycles. The van der Waals surface area contributed by atoms with Crippen LogP contribution in [0.15, 0.2) is 48.5 Å². The van der Waals surface area contributed by atoms with E-state index in [-0.39, 0.29) is 24.9 Å². The summed E-state index contributed by atoms with van der Waals surface area (Å²) in [5, 5.41) is 6.22. The highest BCUT2D eigenvalue weighted by atomic mass is 35.5. The van der Waals surface area contributed by atoms with Gasteiger partial charge in [-0.1, -0.05) is 42.8 Å². The zero-order chi connectivity index (χ0) is 18.2. The van der Waals surface area contributed by atoms with E-state index in [2.05, 4.69) is 10.6 Å². The minimum atomic E-state index is -0.181. The summed E-state index contributed by atoms with van der Waals surface area (Å²) < 4.78 is 0. The van der Waals surface area contributed by atoms with Crippen molar-refractivity contribution in [1.82, 2.24) is 4.90 Å². The Kier molecular flexibility index (Phi) is 6.98. The molecule has 0 atom stereocenters. The third-order valence-corrected chi connectivity index (χ3v) is 3.95. The number of nitrogens with zero attached hydrogens (tertiary/aromatic N) is 1. The number of para-hydroxylation sites is 1. The Bertz CT molecular complexity index is 735. The number of nitrogens with one attached hydrogen (secondary N) is 2. The van der Waals surface area contributed by atoms with Gasteiger partial charge in [0.15, 0.2) is 0 Å². The van der Waals surface area contributed by atoms with E-state index in [0.29, 0.717) is 17.3 Å². The predicted octanol–water partition coefficient (Wildman–Crippen LogP) is 3.55. The van der Waals surface area contributed by atoms with Crippen LogP contribution in [0, 0.1) is 6.92 Å². The van der Waals surface area contributed by atoms with Crippen molar-refractivity contribution < 1.29 is 9.59 Å². The van der Waals surface area contributed by atoms with Crippen LogP contribution in [0.2, 0.25) is 5.02 Å². The van der Waals surface area contributed by atoms with Crippen molar-refractivity contribution in [2.45, 2.75) is 13.8 Å². The highest BCUT2D eigenvalue weighted by molar-refractivity contribution is 6.31. The molecule has 0 aromatic heterocycles. The van der Waals surface area contributed by atoms with Gasteiger partial charge in [0.05, 0.1) is 13.1 Å². The van der Waals surface area contributed by atoms with Crippen LogP contribution in [0.3, 0.4) is 0 Å². The average Bonchev–Trinajstić information content (AvgIpc) is 2.58. The summed E-state index contributed by atoms with van der Waals surface area (Å²) in [7, 11) is 0. The lowest BCUT2D eigenvalue weighted by atomic mass is 10.2. The van der Waals surface area contributed by atoms with Gasteiger partial charge in [0, 0.05) is 16.4 Å². The Morgan fingerprint density at radius 3 is 2.28 bits per heavy atom. The Labute approximate surface area is 153 Å². The van der Waals surface area contributed by atoms with Crippen LogP contribution in [0.5, 0.6) is 0 Å². The van der Waals surface area contributed by atoms with Crippen molar-refractivity contribution in [1.29, 1.82) is 0 Å². The van der Waals surface area contributed by atoms with Crippen LogP contribution >= 0.6 is 11.6 Å². The van der Waals surface area contributed by atoms with Crippen molar-refractivity contribution in [2.75, 3.05) is 30.3 Å². The molecule has 0 saturated heterocycles. The number of halogens is 1. The molecule has 25 heavy (non-hydrogen) atoms. The van der Waals surface area contributed by atoms with Gasteiger partial charge >= 0.3 is 0 Å². The Morgan fingerprint density at radius 1 is 1.00 bits per heavy atom. The minimum Gasteiger partial charge on any atom is -0.325 e. The second-order valence-corrected chi connectivity index (χ2v) is 6.16. The highest BCUT2D eigenvalue weighted by Gasteiger charge is 2.14. The van der Waals surface area contributed by atoms with Gasteiger partial charge in [0.2, 0.25) is 11.8 Å². The number of carbonyl (C=O) groups excluding carboxylic acids is 2. The first-order chi connectivity index (χ1) is 12.0. The minimum absolute atomic E-state index is 0.130. The largest absolute Gasteiger partial charge is 0.325 e. The van der Waals surface area contributed by atoms with Crippen LogP contribution in [-0.2, 0) is 9.59 Å². The quantitative estimate of drug-likeness (QED) is 0.794. The van der Waals surface area contributed by atoms with Crippen molar-refractivity contribution in [3.05, 3.63) is 59.1 Å². The lowest BCUT2D eigenvalue weighted by Crippen LogP contribution is -2.38. The number of likely N-dealkylation sites (N-methyl/N-ethyl adjacent to an activating group) is 1. The number of rotatable bonds is 7. The SMILES string of the molecule is CCN(CC(=O)Nc1ccccc1)CC(=O)Nc1cc(Cl)ccc1C. The van der Waals surface area contributed by atoms with Gasteiger partial charge in [0.25, 0.3) is 0 Å². The maximum atomic E-state index is 12.3. The maximum Gasteiger partial charge on any atom is 0.238 e. The number of aryl methyl sites for hydroxylation is 1. The van der Waals surface area contributed by atoms with Gasteiger partial charge in [-0.3, -0.25) is 14.5 Å². The standard InChI is InChI=1S/C19H22ClN3O2/c1-3-23(12-18(24)21-16-7-5-4-6-8-16)13-19(25)22-17-11-15(20)10-9-14(17)2/h4-11H,3,12-13H2,1-2H3,(H,21,24)(H,22,25). The fraction of sp³-hybridized carbons (Fsp3) is 0.263. The summed E-state index contributed by atoms with van der Waals surface area (Å²) in [5.74, 6) is -0.334. The van der Waals surface area contributed by atoms with E-state index in [1.54, 1.807) is 17.0 Å². The molecule has 0 aliphatic carbocycles. The Balaban J connectivity index is 1.89. The lowest BCUT2D eigenvalue weighted by molar-refractivity contribution is -0.119. The van der Waals surface area contributed by atoms with E-state index in [4.69, 9.17) is 11.6 Å². The molecule has 6 heteroatoms. The Morgan fingerprint density at radius 2 is 1.64 bits per heavy atom. The van der Waals surface area contributed by atoms with Crippen LogP contribution in [0.25, 0.3) is 0 Å². The summed E-state index contributed by atoms with van der Waals surface area (Å²) in [6.07, 6.45) is 0. The van der Waals surface area contributed by atoms with Gasteiger partial charge in [0.1, 0.15) is 0 Å². The van der Waals surface area contributed by atoms with Gasteiger partial charge in [-0.25, -0.2) is 0 Å². The number of hydrogen-bond donors (Lipinski definition) is 2. The van der Waals surface area contributed by atoms with E-state index in [1.165, 1.54) is 0 Å². The molecule has 0 fully saturated rings. The molecule has 2 amide bonds. The second-order valence-electron chi connectivity index (χ2n) is 5.72. The fourth-order valence-electron chi connectivity index (χ4n) is 2.33. The van der Waals surface area contributed by atoms with Crippen LogP contribution in [0.4, 0.5) is 11.4 Å². The van der Waals surface area contributed by atoms with Crippen molar-refractivity contribution in [2.24, 2.45) is 0 Å². The normalized spacial score (nSPS) is 10.6. The molecule has 2 aromatic rings. The zero-order valence-electron chi connectivity index (χ0n) is 14.4. The van der Waals surface area contributed by atoms with Gasteiger partial charge < -0.3 is 10.6 Å². The summed E-state index contributed by atoms with van der Waals surface area (Å²) in [4.78, 5) is 26.1. The van der Waals surface area contributed by atoms with Crippen molar-refractivity contribution >= 4 is 34.8 Å². The van der Waals surface area contributed by atoms with E-state index in [9.17, 15) is 9.59 Å². The van der Waals surface area contributed by atoms with Crippen LogP contribution in [0.1, 0.15) is 12.5 Å². The second kappa shape index (κ2) is 9.20. The van der Waals surface area contributed by atoms with Crippen LogP contribution < -0.4 is 10.6 Å². The topological polar surface area (TPSA) is 61.4 Å². The Hall–Kier alpha value is -2.37. The number of hydrogen-bond acceptors (Lipinski definition) is 3. The molecule has 0 spiro atoms. The first-order valence-electron chi connectivity index (χ1n) is 8.11. The molecule has 0 heterocycles.